The zero-order valence-electron chi connectivity index (χ0n) is 15.0. The van der Waals surface area contributed by atoms with Crippen LogP contribution in [0.25, 0.3) is 0 Å². The summed E-state index contributed by atoms with van der Waals surface area (Å²) in [4.78, 5) is 4.97. The third-order valence-corrected chi connectivity index (χ3v) is 11.6. The minimum atomic E-state index is -1.26. The summed E-state index contributed by atoms with van der Waals surface area (Å²) in [6.45, 7) is 22.8. The topological polar surface area (TPSA) is 9.72 Å². The van der Waals surface area contributed by atoms with E-state index in [-0.39, 0.29) is 0 Å². The Labute approximate surface area is 124 Å². The Balaban J connectivity index is 5.16. The molecule has 3 nitrogen and oxygen atoms in total. The molecular weight excluding hydrogens is 266 g/mol. The molecule has 0 radical (unpaired) electrons. The van der Waals surface area contributed by atoms with Crippen molar-refractivity contribution >= 4 is 16.5 Å². The Kier molecular flexibility index (Phi) is 7.48. The average Bonchev–Trinajstić information content (AvgIpc) is 2.24. The Morgan fingerprint density at radius 1 is 0.737 bits per heavy atom. The van der Waals surface area contributed by atoms with Crippen molar-refractivity contribution in [1.29, 1.82) is 0 Å². The molecule has 0 amide bonds. The smallest absolute Gasteiger partial charge is 0.112 e. The van der Waals surface area contributed by atoms with Gasteiger partial charge in [0.15, 0.2) is 0 Å². The van der Waals surface area contributed by atoms with Gasteiger partial charge in [-0.1, -0.05) is 53.1 Å². The summed E-state index contributed by atoms with van der Waals surface area (Å²) in [7, 11) is 1.99. The van der Waals surface area contributed by atoms with Gasteiger partial charge in [-0.05, 0) is 27.2 Å². The highest BCUT2D eigenvalue weighted by Crippen LogP contribution is 2.21. The highest BCUT2D eigenvalue weighted by atomic mass is 28.4. The zero-order valence-corrected chi connectivity index (χ0v) is 17.0. The normalized spacial score (nSPS) is 14.2. The second kappa shape index (κ2) is 7.36. The van der Waals surface area contributed by atoms with E-state index in [2.05, 4.69) is 81.3 Å². The molecule has 0 fully saturated rings. The Bertz CT molecular complexity index is 234. The van der Waals surface area contributed by atoms with E-state index in [1.54, 1.807) is 0 Å². The van der Waals surface area contributed by atoms with E-state index in [0.717, 1.165) is 13.1 Å². The summed E-state index contributed by atoms with van der Waals surface area (Å²) in [6, 6.07) is 0. The molecule has 0 aliphatic rings. The quantitative estimate of drug-likeness (QED) is 0.504. The second-order valence-electron chi connectivity index (χ2n) is 7.58. The van der Waals surface area contributed by atoms with Gasteiger partial charge in [0.2, 0.25) is 0 Å². The fourth-order valence-corrected chi connectivity index (χ4v) is 12.2. The fourth-order valence-electron chi connectivity index (χ4n) is 2.75. The van der Waals surface area contributed by atoms with Crippen LogP contribution in [0.5, 0.6) is 0 Å². The monoisotopic (exact) mass is 303 g/mol. The first-order chi connectivity index (χ1) is 8.45. The summed E-state index contributed by atoms with van der Waals surface area (Å²) in [5.41, 5.74) is 0. The van der Waals surface area contributed by atoms with Gasteiger partial charge < -0.3 is 4.23 Å². The predicted molar refractivity (Wildman–Crippen MR) is 93.8 cm³/mol. The molecule has 0 aromatic rings. The van der Waals surface area contributed by atoms with Crippen molar-refractivity contribution in [2.24, 2.45) is 0 Å². The third kappa shape index (κ3) is 6.08. The Morgan fingerprint density at radius 3 is 1.26 bits per heavy atom. The van der Waals surface area contributed by atoms with Crippen molar-refractivity contribution in [2.45, 2.75) is 59.3 Å². The maximum Gasteiger partial charge on any atom is 0.112 e. The number of hydrogen-bond donors (Lipinski definition) is 0. The Hall–Kier alpha value is 0.314. The first-order valence-corrected chi connectivity index (χ1v) is 14.5. The highest BCUT2D eigenvalue weighted by molar-refractivity contribution is 6.89. The number of rotatable bonds is 8. The molecule has 0 rings (SSSR count). The molecule has 0 spiro atoms. The number of hydrogen-bond acceptors (Lipinski definition) is 3. The maximum atomic E-state index is 2.89. The number of likely N-dealkylation sites (N-methyl/N-ethyl adjacent to an activating group) is 2. The summed E-state index contributed by atoms with van der Waals surface area (Å²) in [5, 5.41) is 0. The molecule has 0 unspecified atom stereocenters. The molecule has 0 aliphatic carbocycles. The summed E-state index contributed by atoms with van der Waals surface area (Å²) < 4.78 is 2.89. The third-order valence-electron chi connectivity index (χ3n) is 3.98. The Morgan fingerprint density at radius 2 is 1.05 bits per heavy atom. The lowest BCUT2D eigenvalue weighted by Crippen LogP contribution is -2.64. The first-order valence-electron chi connectivity index (χ1n) is 7.63. The molecule has 5 heteroatoms. The van der Waals surface area contributed by atoms with Gasteiger partial charge in [0.1, 0.15) is 16.5 Å². The fraction of sp³-hybridized carbons (Fsp3) is 1.00. The molecular formula is C14H37N3Si2. The second-order valence-corrected chi connectivity index (χ2v) is 17.8. The highest BCUT2D eigenvalue weighted by Gasteiger charge is 2.36. The van der Waals surface area contributed by atoms with Crippen molar-refractivity contribution in [3.8, 4) is 0 Å². The van der Waals surface area contributed by atoms with E-state index in [9.17, 15) is 0 Å². The molecule has 0 bridgehead atoms. The lowest BCUT2D eigenvalue weighted by atomic mass is 10.3. The van der Waals surface area contributed by atoms with E-state index in [4.69, 9.17) is 0 Å². The van der Waals surface area contributed by atoms with Gasteiger partial charge in [-0.3, -0.25) is 9.80 Å². The SMILES string of the molecule is CCN(C)C(CN([Si](C)(C)C)[Si](C)(C)C)N(C)CC. The summed E-state index contributed by atoms with van der Waals surface area (Å²) >= 11 is 0. The molecule has 0 aromatic heterocycles. The first kappa shape index (κ1) is 19.3. The van der Waals surface area contributed by atoms with Crippen LogP contribution in [0.1, 0.15) is 13.8 Å². The number of nitrogens with zero attached hydrogens (tertiary/aromatic N) is 3. The molecule has 0 aliphatic heterocycles. The van der Waals surface area contributed by atoms with Gasteiger partial charge in [0.25, 0.3) is 0 Å². The van der Waals surface area contributed by atoms with E-state index >= 15 is 0 Å². The van der Waals surface area contributed by atoms with E-state index < -0.39 is 16.5 Å². The largest absolute Gasteiger partial charge is 0.343 e. The molecule has 19 heavy (non-hydrogen) atoms. The van der Waals surface area contributed by atoms with Crippen LogP contribution in [0.2, 0.25) is 39.3 Å². The average molecular weight is 304 g/mol. The molecule has 0 aromatic carbocycles. The van der Waals surface area contributed by atoms with Gasteiger partial charge in [-0.2, -0.15) is 0 Å². The van der Waals surface area contributed by atoms with Crippen LogP contribution in [0.3, 0.4) is 0 Å². The van der Waals surface area contributed by atoms with Crippen LogP contribution in [0, 0.1) is 0 Å². The van der Waals surface area contributed by atoms with Crippen LogP contribution in [0.4, 0.5) is 0 Å². The van der Waals surface area contributed by atoms with Crippen LogP contribution in [-0.2, 0) is 0 Å². The van der Waals surface area contributed by atoms with Crippen molar-refractivity contribution in [1.82, 2.24) is 14.0 Å². The van der Waals surface area contributed by atoms with Crippen LogP contribution in [0.15, 0.2) is 0 Å². The molecule has 0 saturated heterocycles. The van der Waals surface area contributed by atoms with Gasteiger partial charge >= 0.3 is 0 Å². The van der Waals surface area contributed by atoms with Crippen molar-refractivity contribution in [3.05, 3.63) is 0 Å². The van der Waals surface area contributed by atoms with Gasteiger partial charge in [-0.15, -0.1) is 0 Å². The minimum absolute atomic E-state index is 0.536. The summed E-state index contributed by atoms with van der Waals surface area (Å²) in [5.74, 6) is 0. The van der Waals surface area contributed by atoms with Crippen molar-refractivity contribution in [2.75, 3.05) is 33.7 Å². The molecule has 0 saturated carbocycles. The van der Waals surface area contributed by atoms with E-state index in [0.29, 0.717) is 6.17 Å². The standard InChI is InChI=1S/C14H37N3Si2/c1-11-15(3)14(16(4)12-2)13-17(18(5,6)7)19(8,9)10/h14H,11-13H2,1-10H3. The van der Waals surface area contributed by atoms with Gasteiger partial charge in [0, 0.05) is 6.54 Å². The van der Waals surface area contributed by atoms with Gasteiger partial charge in [-0.25, -0.2) is 0 Å². The molecule has 116 valence electrons. The van der Waals surface area contributed by atoms with Crippen molar-refractivity contribution < 1.29 is 0 Å². The lowest BCUT2D eigenvalue weighted by Gasteiger charge is -2.48. The maximum absolute atomic E-state index is 2.89. The zero-order chi connectivity index (χ0) is 15.4. The van der Waals surface area contributed by atoms with Crippen molar-refractivity contribution in [3.63, 3.8) is 0 Å². The van der Waals surface area contributed by atoms with Gasteiger partial charge in [0.05, 0.1) is 6.17 Å². The van der Waals surface area contributed by atoms with Crippen LogP contribution < -0.4 is 0 Å². The van der Waals surface area contributed by atoms with E-state index in [1.807, 2.05) is 0 Å². The minimum Gasteiger partial charge on any atom is -0.343 e. The predicted octanol–water partition coefficient (Wildman–Crippen LogP) is 3.19. The lowest BCUT2D eigenvalue weighted by molar-refractivity contribution is 0.0826. The molecule has 0 atom stereocenters. The van der Waals surface area contributed by atoms with Crippen LogP contribution >= 0.6 is 0 Å². The molecule has 0 N–H and O–H groups in total. The van der Waals surface area contributed by atoms with Crippen LogP contribution in [-0.4, -0.2) is 70.4 Å². The molecule has 0 heterocycles. The van der Waals surface area contributed by atoms with E-state index in [1.165, 1.54) is 6.54 Å². The summed E-state index contributed by atoms with van der Waals surface area (Å²) in [6.07, 6.45) is 0.536.